The highest BCUT2D eigenvalue weighted by atomic mass is 35.5. The van der Waals surface area contributed by atoms with Crippen LogP contribution in [-0.2, 0) is 13.8 Å². The Morgan fingerprint density at radius 2 is 1.70 bits per heavy atom. The van der Waals surface area contributed by atoms with Crippen LogP contribution < -0.4 is 10.6 Å². The SMILES string of the molecule is CCOC(=O)c1c(P(=O)(OCC)c2cccc(-c3ccccc3)c2)c2cc(Cl)ccc2n1S. The topological polar surface area (TPSA) is 57.5 Å². The van der Waals surface area contributed by atoms with E-state index in [2.05, 4.69) is 12.8 Å². The molecule has 5 nitrogen and oxygen atoms in total. The van der Waals surface area contributed by atoms with Gasteiger partial charge in [-0.15, -0.1) is 0 Å². The van der Waals surface area contributed by atoms with Crippen LogP contribution in [0.4, 0.5) is 0 Å². The number of benzene rings is 3. The molecular formula is C25H23ClNO4PS. The minimum atomic E-state index is -3.76. The van der Waals surface area contributed by atoms with Gasteiger partial charge in [0.05, 0.1) is 24.0 Å². The number of nitrogens with zero attached hydrogens (tertiary/aromatic N) is 1. The Kier molecular flexibility index (Phi) is 7.01. The highest BCUT2D eigenvalue weighted by Crippen LogP contribution is 2.49. The lowest BCUT2D eigenvalue weighted by Crippen LogP contribution is -2.25. The normalized spacial score (nSPS) is 13.1. The zero-order chi connectivity index (χ0) is 23.6. The van der Waals surface area contributed by atoms with Gasteiger partial charge in [0, 0.05) is 15.7 Å². The van der Waals surface area contributed by atoms with Crippen molar-refractivity contribution in [2.24, 2.45) is 0 Å². The van der Waals surface area contributed by atoms with Crippen molar-refractivity contribution in [1.82, 2.24) is 3.97 Å². The Bertz CT molecular complexity index is 1370. The van der Waals surface area contributed by atoms with E-state index in [1.807, 2.05) is 48.5 Å². The Labute approximate surface area is 203 Å². The Morgan fingerprint density at radius 1 is 0.970 bits per heavy atom. The summed E-state index contributed by atoms with van der Waals surface area (Å²) in [5.74, 6) is -0.631. The molecule has 0 radical (unpaired) electrons. The number of thiol groups is 1. The molecule has 0 amide bonds. The van der Waals surface area contributed by atoms with Gasteiger partial charge in [-0.3, -0.25) is 8.54 Å². The van der Waals surface area contributed by atoms with Crippen molar-refractivity contribution < 1.29 is 18.6 Å². The molecule has 0 aliphatic carbocycles. The number of rotatable bonds is 7. The minimum absolute atomic E-state index is 0.0688. The predicted molar refractivity (Wildman–Crippen MR) is 138 cm³/mol. The van der Waals surface area contributed by atoms with E-state index >= 15 is 0 Å². The fourth-order valence-electron chi connectivity index (χ4n) is 3.86. The van der Waals surface area contributed by atoms with Gasteiger partial charge in [0.1, 0.15) is 0 Å². The summed E-state index contributed by atoms with van der Waals surface area (Å²) in [6.45, 7) is 3.82. The third kappa shape index (κ3) is 4.36. The summed E-state index contributed by atoms with van der Waals surface area (Å²) in [5, 5.41) is 1.68. The first-order chi connectivity index (χ1) is 15.9. The lowest BCUT2D eigenvalue weighted by Gasteiger charge is -2.20. The molecule has 33 heavy (non-hydrogen) atoms. The zero-order valence-electron chi connectivity index (χ0n) is 18.2. The smallest absolute Gasteiger partial charge is 0.356 e. The largest absolute Gasteiger partial charge is 0.461 e. The minimum Gasteiger partial charge on any atom is -0.461 e. The van der Waals surface area contributed by atoms with Gasteiger partial charge >= 0.3 is 5.97 Å². The molecule has 1 aromatic heterocycles. The van der Waals surface area contributed by atoms with Crippen molar-refractivity contribution in [3.8, 4) is 11.1 Å². The summed E-state index contributed by atoms with van der Waals surface area (Å²) in [6, 6.07) is 22.3. The average Bonchev–Trinajstić information content (AvgIpc) is 3.12. The number of carbonyl (C=O) groups is 1. The molecule has 8 heteroatoms. The van der Waals surface area contributed by atoms with Crippen LogP contribution in [0.15, 0.2) is 72.8 Å². The van der Waals surface area contributed by atoms with Gasteiger partial charge < -0.3 is 9.26 Å². The van der Waals surface area contributed by atoms with E-state index in [4.69, 9.17) is 20.9 Å². The maximum absolute atomic E-state index is 14.7. The monoisotopic (exact) mass is 499 g/mol. The van der Waals surface area contributed by atoms with Crippen LogP contribution >= 0.6 is 31.8 Å². The first-order valence-electron chi connectivity index (χ1n) is 10.5. The van der Waals surface area contributed by atoms with E-state index in [1.165, 1.54) is 3.97 Å². The van der Waals surface area contributed by atoms with Gasteiger partial charge in [0.2, 0.25) is 0 Å². The van der Waals surface area contributed by atoms with Crippen molar-refractivity contribution in [3.05, 3.63) is 83.5 Å². The number of carbonyl (C=O) groups excluding carboxylic acids is 1. The molecule has 1 unspecified atom stereocenters. The third-order valence-electron chi connectivity index (χ3n) is 5.25. The van der Waals surface area contributed by atoms with E-state index in [-0.39, 0.29) is 24.2 Å². The van der Waals surface area contributed by atoms with Crippen LogP contribution in [0.3, 0.4) is 0 Å². The average molecular weight is 500 g/mol. The van der Waals surface area contributed by atoms with E-state index in [0.717, 1.165) is 11.1 Å². The number of fused-ring (bicyclic) bond motifs is 1. The first kappa shape index (κ1) is 23.7. The van der Waals surface area contributed by atoms with Crippen LogP contribution in [0.1, 0.15) is 24.3 Å². The molecule has 4 aromatic rings. The van der Waals surface area contributed by atoms with Crippen LogP contribution in [0, 0.1) is 0 Å². The maximum atomic E-state index is 14.7. The summed E-state index contributed by atoms with van der Waals surface area (Å²) in [5.41, 5.74) is 2.52. The molecular weight excluding hydrogens is 477 g/mol. The first-order valence-corrected chi connectivity index (χ1v) is 12.9. The molecule has 0 aliphatic rings. The van der Waals surface area contributed by atoms with Crippen molar-refractivity contribution in [3.63, 3.8) is 0 Å². The molecule has 0 aliphatic heterocycles. The molecule has 0 fully saturated rings. The highest BCUT2D eigenvalue weighted by Gasteiger charge is 2.38. The van der Waals surface area contributed by atoms with Crippen molar-refractivity contribution in [2.75, 3.05) is 13.2 Å². The second-order valence-corrected chi connectivity index (χ2v) is 10.4. The van der Waals surface area contributed by atoms with Gasteiger partial charge in [-0.05, 0) is 55.3 Å². The zero-order valence-corrected chi connectivity index (χ0v) is 20.7. The molecule has 0 bridgehead atoms. The molecule has 0 spiro atoms. The van der Waals surface area contributed by atoms with Crippen molar-refractivity contribution in [2.45, 2.75) is 13.8 Å². The molecule has 0 saturated carbocycles. The standard InChI is InChI=1S/C25H23ClNO4PS/c1-3-30-25(28)23-24(21-16-19(26)13-14-22(21)27(23)33)32(29,31-4-2)20-12-8-11-18(15-20)17-9-6-5-7-10-17/h5-16,33H,3-4H2,1-2H3. The van der Waals surface area contributed by atoms with Crippen LogP contribution in [-0.4, -0.2) is 23.2 Å². The number of hydrogen-bond donors (Lipinski definition) is 1. The quantitative estimate of drug-likeness (QED) is 0.190. The predicted octanol–water partition coefficient (Wildman–Crippen LogP) is 6.10. The molecule has 170 valence electrons. The second kappa shape index (κ2) is 9.78. The molecule has 1 heterocycles. The van der Waals surface area contributed by atoms with E-state index in [9.17, 15) is 9.36 Å². The van der Waals surface area contributed by atoms with Gasteiger partial charge in [-0.1, -0.05) is 66.9 Å². The summed E-state index contributed by atoms with van der Waals surface area (Å²) in [6.07, 6.45) is 0. The summed E-state index contributed by atoms with van der Waals surface area (Å²) in [7, 11) is -3.76. The van der Waals surface area contributed by atoms with Gasteiger partial charge in [0.25, 0.3) is 7.37 Å². The van der Waals surface area contributed by atoms with Gasteiger partial charge in [-0.2, -0.15) is 0 Å². The van der Waals surface area contributed by atoms with Crippen LogP contribution in [0.5, 0.6) is 0 Å². The fraction of sp³-hybridized carbons (Fsp3) is 0.160. The van der Waals surface area contributed by atoms with Crippen LogP contribution in [0.2, 0.25) is 5.02 Å². The summed E-state index contributed by atoms with van der Waals surface area (Å²) in [4.78, 5) is 13.0. The van der Waals surface area contributed by atoms with E-state index in [1.54, 1.807) is 38.1 Å². The Morgan fingerprint density at radius 3 is 2.39 bits per heavy atom. The maximum Gasteiger partial charge on any atom is 0.356 e. The van der Waals surface area contributed by atoms with Gasteiger partial charge in [0.15, 0.2) is 5.69 Å². The molecule has 4 rings (SSSR count). The molecule has 0 N–H and O–H groups in total. The fourth-order valence-corrected chi connectivity index (χ4v) is 6.93. The summed E-state index contributed by atoms with van der Waals surface area (Å²) >= 11 is 10.8. The van der Waals surface area contributed by atoms with Crippen molar-refractivity contribution in [1.29, 1.82) is 0 Å². The number of esters is 1. The molecule has 1 atom stereocenters. The lowest BCUT2D eigenvalue weighted by molar-refractivity contribution is 0.0520. The summed E-state index contributed by atoms with van der Waals surface area (Å²) < 4.78 is 27.4. The van der Waals surface area contributed by atoms with Crippen molar-refractivity contribution >= 4 is 59.3 Å². The third-order valence-corrected chi connectivity index (χ3v) is 8.52. The second-order valence-electron chi connectivity index (χ2n) is 7.28. The number of aromatic nitrogens is 1. The lowest BCUT2D eigenvalue weighted by atomic mass is 10.1. The number of halogens is 1. The molecule has 0 saturated heterocycles. The Hall–Kier alpha value is -2.50. The highest BCUT2D eigenvalue weighted by molar-refractivity contribution is 7.79. The van der Waals surface area contributed by atoms with E-state index < -0.39 is 13.3 Å². The number of hydrogen-bond acceptors (Lipinski definition) is 5. The van der Waals surface area contributed by atoms with Crippen LogP contribution in [0.25, 0.3) is 22.0 Å². The number of ether oxygens (including phenoxy) is 1. The van der Waals surface area contributed by atoms with Gasteiger partial charge in [-0.25, -0.2) is 4.79 Å². The Balaban J connectivity index is 2.03. The van der Waals surface area contributed by atoms with E-state index in [0.29, 0.717) is 21.2 Å². The molecule has 3 aromatic carbocycles.